The Hall–Kier alpha value is -0.670. The highest BCUT2D eigenvalue weighted by Crippen LogP contribution is 2.33. The molecule has 0 bridgehead atoms. The number of hydrogen-bond donors (Lipinski definition) is 0. The summed E-state index contributed by atoms with van der Waals surface area (Å²) in [6, 6.07) is 2.27. The van der Waals surface area contributed by atoms with E-state index in [1.54, 1.807) is 0 Å². The molecule has 1 aromatic heterocycles. The van der Waals surface area contributed by atoms with E-state index in [0.29, 0.717) is 12.0 Å². The monoisotopic (exact) mass is 249 g/mol. The van der Waals surface area contributed by atoms with E-state index in [-0.39, 0.29) is 0 Å². The first-order valence-electron chi connectivity index (χ1n) is 6.52. The highest BCUT2D eigenvalue weighted by Gasteiger charge is 2.28. The van der Waals surface area contributed by atoms with Gasteiger partial charge in [0.25, 0.3) is 0 Å². The smallest absolute Gasteiger partial charge is 0.0571 e. The van der Waals surface area contributed by atoms with Gasteiger partial charge in [-0.3, -0.25) is 4.99 Å². The van der Waals surface area contributed by atoms with Crippen molar-refractivity contribution < 1.29 is 4.74 Å². The minimum absolute atomic E-state index is 0.484. The second-order valence-electron chi connectivity index (χ2n) is 5.00. The van der Waals surface area contributed by atoms with Crippen LogP contribution in [0, 0.1) is 5.92 Å². The number of methoxy groups -OCH3 is 1. The maximum atomic E-state index is 5.44. The number of hydrogen-bond acceptors (Lipinski definition) is 3. The third kappa shape index (κ3) is 2.18. The molecule has 1 fully saturated rings. The SMILES string of the molecule is COC1CCC(C2=NCCc3ccsc32)CC1. The maximum Gasteiger partial charge on any atom is 0.0571 e. The number of rotatable bonds is 2. The van der Waals surface area contributed by atoms with Gasteiger partial charge >= 0.3 is 0 Å². The summed E-state index contributed by atoms with van der Waals surface area (Å²) < 4.78 is 5.44. The van der Waals surface area contributed by atoms with E-state index >= 15 is 0 Å². The quantitative estimate of drug-likeness (QED) is 0.788. The molecule has 1 aromatic rings. The maximum absolute atomic E-state index is 5.44. The molecule has 1 aliphatic heterocycles. The van der Waals surface area contributed by atoms with Crippen LogP contribution in [0.3, 0.4) is 0 Å². The molecule has 1 aliphatic carbocycles. The summed E-state index contributed by atoms with van der Waals surface area (Å²) in [5.74, 6) is 0.680. The summed E-state index contributed by atoms with van der Waals surface area (Å²) >= 11 is 1.87. The summed E-state index contributed by atoms with van der Waals surface area (Å²) in [7, 11) is 1.83. The Morgan fingerprint density at radius 1 is 1.29 bits per heavy atom. The molecular formula is C14H19NOS. The predicted molar refractivity (Wildman–Crippen MR) is 72.2 cm³/mol. The summed E-state index contributed by atoms with van der Waals surface area (Å²) in [6.45, 7) is 0.989. The van der Waals surface area contributed by atoms with Crippen LogP contribution >= 0.6 is 11.3 Å². The van der Waals surface area contributed by atoms with Crippen molar-refractivity contribution in [2.24, 2.45) is 10.9 Å². The van der Waals surface area contributed by atoms with Gasteiger partial charge < -0.3 is 4.74 Å². The van der Waals surface area contributed by atoms with E-state index in [1.807, 2.05) is 18.4 Å². The number of ether oxygens (including phenoxy) is 1. The van der Waals surface area contributed by atoms with E-state index in [9.17, 15) is 0 Å². The fourth-order valence-electron chi connectivity index (χ4n) is 3.01. The zero-order valence-corrected chi connectivity index (χ0v) is 11.1. The van der Waals surface area contributed by atoms with Crippen LogP contribution in [0.5, 0.6) is 0 Å². The number of aliphatic imine (C=N–C) groups is 1. The molecular weight excluding hydrogens is 230 g/mol. The minimum atomic E-state index is 0.484. The van der Waals surface area contributed by atoms with Crippen molar-refractivity contribution in [3.8, 4) is 0 Å². The average Bonchev–Trinajstić information content (AvgIpc) is 2.87. The van der Waals surface area contributed by atoms with Crippen molar-refractivity contribution in [3.05, 3.63) is 21.9 Å². The number of fused-ring (bicyclic) bond motifs is 1. The summed E-state index contributed by atoms with van der Waals surface area (Å²) in [6.07, 6.45) is 6.50. The van der Waals surface area contributed by atoms with Gasteiger partial charge in [-0.15, -0.1) is 11.3 Å². The van der Waals surface area contributed by atoms with Crippen LogP contribution in [0.2, 0.25) is 0 Å². The van der Waals surface area contributed by atoms with E-state index in [2.05, 4.69) is 11.4 Å². The molecule has 0 atom stereocenters. The van der Waals surface area contributed by atoms with Gasteiger partial charge in [0, 0.05) is 19.6 Å². The third-order valence-corrected chi connectivity index (χ3v) is 5.02. The van der Waals surface area contributed by atoms with Crippen LogP contribution in [0.4, 0.5) is 0 Å². The lowest BCUT2D eigenvalue weighted by atomic mass is 9.82. The van der Waals surface area contributed by atoms with Crippen LogP contribution in [0.25, 0.3) is 0 Å². The molecule has 2 aliphatic rings. The van der Waals surface area contributed by atoms with Gasteiger partial charge in [0.15, 0.2) is 0 Å². The van der Waals surface area contributed by atoms with Crippen molar-refractivity contribution in [1.82, 2.24) is 0 Å². The van der Waals surface area contributed by atoms with Crippen LogP contribution < -0.4 is 0 Å². The molecule has 0 N–H and O–H groups in total. The molecule has 2 heterocycles. The highest BCUT2D eigenvalue weighted by molar-refractivity contribution is 7.12. The van der Waals surface area contributed by atoms with Crippen LogP contribution in [0.15, 0.2) is 16.4 Å². The Bertz CT molecular complexity index is 416. The Balaban J connectivity index is 1.76. The molecule has 0 amide bonds. The largest absolute Gasteiger partial charge is 0.381 e. The fraction of sp³-hybridized carbons (Fsp3) is 0.643. The molecule has 3 heteroatoms. The second-order valence-corrected chi connectivity index (χ2v) is 5.92. The fourth-order valence-corrected chi connectivity index (χ4v) is 4.05. The topological polar surface area (TPSA) is 21.6 Å². The van der Waals surface area contributed by atoms with Gasteiger partial charge in [-0.25, -0.2) is 0 Å². The molecule has 2 nitrogen and oxygen atoms in total. The van der Waals surface area contributed by atoms with Crippen molar-refractivity contribution in [3.63, 3.8) is 0 Å². The van der Waals surface area contributed by atoms with Gasteiger partial charge in [0.05, 0.1) is 16.7 Å². The summed E-state index contributed by atoms with van der Waals surface area (Å²) in [4.78, 5) is 6.27. The first-order chi connectivity index (χ1) is 8.38. The zero-order chi connectivity index (χ0) is 11.7. The predicted octanol–water partition coefficient (Wildman–Crippen LogP) is 3.30. The minimum Gasteiger partial charge on any atom is -0.381 e. The molecule has 0 saturated heterocycles. The first-order valence-corrected chi connectivity index (χ1v) is 7.40. The second kappa shape index (κ2) is 4.91. The number of nitrogens with zero attached hydrogens (tertiary/aromatic N) is 1. The molecule has 0 unspecified atom stereocenters. The lowest BCUT2D eigenvalue weighted by Crippen LogP contribution is -2.27. The van der Waals surface area contributed by atoms with Gasteiger partial charge in [0.2, 0.25) is 0 Å². The van der Waals surface area contributed by atoms with Crippen molar-refractivity contribution in [2.45, 2.75) is 38.2 Å². The highest BCUT2D eigenvalue weighted by atomic mass is 32.1. The molecule has 0 spiro atoms. The summed E-state index contributed by atoms with van der Waals surface area (Å²) in [5.41, 5.74) is 2.92. The Labute approximate surface area is 107 Å². The molecule has 17 heavy (non-hydrogen) atoms. The lowest BCUT2D eigenvalue weighted by Gasteiger charge is -2.29. The Morgan fingerprint density at radius 3 is 2.88 bits per heavy atom. The first kappa shape index (κ1) is 11.4. The third-order valence-electron chi connectivity index (χ3n) is 4.04. The van der Waals surface area contributed by atoms with E-state index in [1.165, 1.54) is 41.8 Å². The molecule has 3 rings (SSSR count). The molecule has 1 saturated carbocycles. The molecule has 0 radical (unpaired) electrons. The Kier molecular flexibility index (Phi) is 3.30. The van der Waals surface area contributed by atoms with Crippen molar-refractivity contribution in [1.29, 1.82) is 0 Å². The molecule has 92 valence electrons. The normalized spacial score (nSPS) is 28.6. The zero-order valence-electron chi connectivity index (χ0n) is 10.3. The lowest BCUT2D eigenvalue weighted by molar-refractivity contribution is 0.0647. The van der Waals surface area contributed by atoms with Crippen molar-refractivity contribution >= 4 is 17.0 Å². The summed E-state index contributed by atoms with van der Waals surface area (Å²) in [5, 5.41) is 2.21. The van der Waals surface area contributed by atoms with Gasteiger partial charge in [-0.2, -0.15) is 0 Å². The van der Waals surface area contributed by atoms with Crippen LogP contribution in [-0.2, 0) is 11.2 Å². The van der Waals surface area contributed by atoms with E-state index in [4.69, 9.17) is 9.73 Å². The van der Waals surface area contributed by atoms with Gasteiger partial charge in [0.1, 0.15) is 0 Å². The Morgan fingerprint density at radius 2 is 2.12 bits per heavy atom. The van der Waals surface area contributed by atoms with Crippen LogP contribution in [-0.4, -0.2) is 25.5 Å². The van der Waals surface area contributed by atoms with E-state index in [0.717, 1.165) is 13.0 Å². The average molecular weight is 249 g/mol. The van der Waals surface area contributed by atoms with Gasteiger partial charge in [-0.05, 0) is 49.1 Å². The standard InChI is InChI=1S/C14H19NOS/c1-16-12-4-2-10(3-5-12)13-14-11(6-8-15-13)7-9-17-14/h7,9-10,12H,2-6,8H2,1H3. The van der Waals surface area contributed by atoms with Crippen molar-refractivity contribution in [2.75, 3.05) is 13.7 Å². The molecule has 0 aromatic carbocycles. The van der Waals surface area contributed by atoms with E-state index < -0.39 is 0 Å². The van der Waals surface area contributed by atoms with Gasteiger partial charge in [-0.1, -0.05) is 0 Å². The van der Waals surface area contributed by atoms with Crippen LogP contribution in [0.1, 0.15) is 36.1 Å². The number of thiophene rings is 1.